The highest BCUT2D eigenvalue weighted by Gasteiger charge is 2.35. The number of hydrogen-bond donors (Lipinski definition) is 2. The summed E-state index contributed by atoms with van der Waals surface area (Å²) in [5.41, 5.74) is 0.483. The van der Waals surface area contributed by atoms with Crippen molar-refractivity contribution >= 4 is 17.6 Å². The van der Waals surface area contributed by atoms with E-state index in [1.807, 2.05) is 0 Å². The molecule has 1 aliphatic rings. The second kappa shape index (κ2) is 5.05. The molecule has 1 unspecified atom stereocenters. The van der Waals surface area contributed by atoms with Gasteiger partial charge >= 0.3 is 5.97 Å². The molecular formula is C12H14N2O4. The quantitative estimate of drug-likeness (QED) is 0.715. The molecule has 6 heteroatoms. The van der Waals surface area contributed by atoms with E-state index in [2.05, 4.69) is 10.1 Å². The van der Waals surface area contributed by atoms with Crippen LogP contribution in [0.4, 0.5) is 5.69 Å². The molecule has 18 heavy (non-hydrogen) atoms. The number of piperazine rings is 1. The number of phenolic OH excluding ortho intramolecular Hbond substituents is 1. The molecule has 1 amide bonds. The Balaban J connectivity index is 2.36. The van der Waals surface area contributed by atoms with E-state index in [4.69, 9.17) is 0 Å². The van der Waals surface area contributed by atoms with Gasteiger partial charge in [0.25, 0.3) is 0 Å². The van der Waals surface area contributed by atoms with Crippen LogP contribution in [0.2, 0.25) is 0 Å². The molecule has 1 saturated heterocycles. The number of ether oxygens (including phenoxy) is 1. The molecule has 2 rings (SSSR count). The Kier molecular flexibility index (Phi) is 3.47. The van der Waals surface area contributed by atoms with Gasteiger partial charge in [-0.3, -0.25) is 9.69 Å². The first kappa shape index (κ1) is 12.4. The SMILES string of the molecule is COC(=O)C1CNCC(=O)N1c1cccc(O)c1. The maximum Gasteiger partial charge on any atom is 0.330 e. The minimum atomic E-state index is -0.710. The number of anilines is 1. The molecule has 1 atom stereocenters. The Labute approximate surface area is 104 Å². The fourth-order valence-corrected chi connectivity index (χ4v) is 1.96. The van der Waals surface area contributed by atoms with E-state index in [9.17, 15) is 14.7 Å². The van der Waals surface area contributed by atoms with Crippen LogP contribution in [0.5, 0.6) is 5.75 Å². The molecule has 1 aromatic carbocycles. The van der Waals surface area contributed by atoms with Crippen molar-refractivity contribution in [3.8, 4) is 5.75 Å². The first-order valence-corrected chi connectivity index (χ1v) is 5.53. The molecule has 0 saturated carbocycles. The molecular weight excluding hydrogens is 236 g/mol. The van der Waals surface area contributed by atoms with Gasteiger partial charge in [-0.1, -0.05) is 6.07 Å². The normalized spacial score (nSPS) is 19.7. The van der Waals surface area contributed by atoms with E-state index in [0.717, 1.165) is 0 Å². The van der Waals surface area contributed by atoms with Gasteiger partial charge in [0, 0.05) is 18.3 Å². The first-order chi connectivity index (χ1) is 8.63. The average molecular weight is 250 g/mol. The summed E-state index contributed by atoms with van der Waals surface area (Å²) in [5, 5.41) is 12.3. The largest absolute Gasteiger partial charge is 0.508 e. The zero-order chi connectivity index (χ0) is 13.1. The number of nitrogens with one attached hydrogen (secondary N) is 1. The molecule has 0 radical (unpaired) electrons. The van der Waals surface area contributed by atoms with E-state index < -0.39 is 12.0 Å². The van der Waals surface area contributed by atoms with Gasteiger partial charge in [0.1, 0.15) is 11.8 Å². The molecule has 1 aliphatic heterocycles. The van der Waals surface area contributed by atoms with E-state index in [0.29, 0.717) is 12.2 Å². The molecule has 96 valence electrons. The zero-order valence-corrected chi connectivity index (χ0v) is 9.92. The zero-order valence-electron chi connectivity index (χ0n) is 9.92. The molecule has 1 heterocycles. The molecule has 6 nitrogen and oxygen atoms in total. The van der Waals surface area contributed by atoms with Crippen molar-refractivity contribution in [3.05, 3.63) is 24.3 Å². The minimum Gasteiger partial charge on any atom is -0.508 e. The minimum absolute atomic E-state index is 0.0439. The third-order valence-corrected chi connectivity index (χ3v) is 2.78. The number of hydrogen-bond acceptors (Lipinski definition) is 5. The van der Waals surface area contributed by atoms with Crippen molar-refractivity contribution in [1.29, 1.82) is 0 Å². The summed E-state index contributed by atoms with van der Waals surface area (Å²) in [4.78, 5) is 24.9. The summed E-state index contributed by atoms with van der Waals surface area (Å²) in [7, 11) is 1.28. The number of aromatic hydroxyl groups is 1. The fourth-order valence-electron chi connectivity index (χ4n) is 1.96. The maximum atomic E-state index is 11.9. The Morgan fingerprint density at radius 3 is 3.00 bits per heavy atom. The summed E-state index contributed by atoms with van der Waals surface area (Å²) in [6.45, 7) is 0.483. The summed E-state index contributed by atoms with van der Waals surface area (Å²) in [5.74, 6) is -0.677. The first-order valence-electron chi connectivity index (χ1n) is 5.53. The third-order valence-electron chi connectivity index (χ3n) is 2.78. The number of amides is 1. The van der Waals surface area contributed by atoms with Gasteiger partial charge < -0.3 is 15.2 Å². The lowest BCUT2D eigenvalue weighted by molar-refractivity contribution is -0.144. The standard InChI is InChI=1S/C12H14N2O4/c1-18-12(17)10-6-13-7-11(16)14(10)8-3-2-4-9(15)5-8/h2-5,10,13,15H,6-7H2,1H3. The van der Waals surface area contributed by atoms with Crippen LogP contribution >= 0.6 is 0 Å². The summed E-state index contributed by atoms with van der Waals surface area (Å²) in [6.07, 6.45) is 0. The topological polar surface area (TPSA) is 78.9 Å². The van der Waals surface area contributed by atoms with Crippen molar-refractivity contribution in [1.82, 2.24) is 5.32 Å². The predicted octanol–water partition coefficient (Wildman–Crippen LogP) is -0.130. The predicted molar refractivity (Wildman–Crippen MR) is 64.3 cm³/mol. The highest BCUT2D eigenvalue weighted by molar-refractivity contribution is 6.01. The van der Waals surface area contributed by atoms with Crippen LogP contribution < -0.4 is 10.2 Å². The van der Waals surface area contributed by atoms with Crippen molar-refractivity contribution < 1.29 is 19.4 Å². The molecule has 1 fully saturated rings. The van der Waals surface area contributed by atoms with E-state index in [1.165, 1.54) is 24.1 Å². The molecule has 0 spiro atoms. The Bertz CT molecular complexity index is 475. The molecule has 2 N–H and O–H groups in total. The van der Waals surface area contributed by atoms with E-state index in [-0.39, 0.29) is 18.2 Å². The number of esters is 1. The molecule has 0 aromatic heterocycles. The van der Waals surface area contributed by atoms with E-state index >= 15 is 0 Å². The average Bonchev–Trinajstić information content (AvgIpc) is 2.37. The lowest BCUT2D eigenvalue weighted by Gasteiger charge is -2.34. The van der Waals surface area contributed by atoms with Crippen LogP contribution in [0.15, 0.2) is 24.3 Å². The van der Waals surface area contributed by atoms with Crippen LogP contribution in [-0.4, -0.2) is 43.2 Å². The van der Waals surface area contributed by atoms with Crippen molar-refractivity contribution in [2.75, 3.05) is 25.1 Å². The van der Waals surface area contributed by atoms with Gasteiger partial charge in [-0.15, -0.1) is 0 Å². The van der Waals surface area contributed by atoms with Gasteiger partial charge in [0.05, 0.1) is 13.7 Å². The maximum absolute atomic E-state index is 11.9. The molecule has 0 bridgehead atoms. The summed E-state index contributed by atoms with van der Waals surface area (Å²) in [6, 6.07) is 5.52. The van der Waals surface area contributed by atoms with Crippen LogP contribution in [-0.2, 0) is 14.3 Å². The lowest BCUT2D eigenvalue weighted by atomic mass is 10.1. The smallest absolute Gasteiger partial charge is 0.330 e. The second-order valence-corrected chi connectivity index (χ2v) is 3.95. The lowest BCUT2D eigenvalue weighted by Crippen LogP contribution is -2.58. The van der Waals surface area contributed by atoms with Gasteiger partial charge in [-0.25, -0.2) is 4.79 Å². The van der Waals surface area contributed by atoms with Crippen LogP contribution in [0, 0.1) is 0 Å². The molecule has 1 aromatic rings. The Morgan fingerprint density at radius 2 is 2.33 bits per heavy atom. The van der Waals surface area contributed by atoms with Gasteiger partial charge in [0.2, 0.25) is 5.91 Å². The monoisotopic (exact) mass is 250 g/mol. The molecule has 0 aliphatic carbocycles. The van der Waals surface area contributed by atoms with E-state index in [1.54, 1.807) is 12.1 Å². The second-order valence-electron chi connectivity index (χ2n) is 3.95. The highest BCUT2D eigenvalue weighted by Crippen LogP contribution is 2.23. The van der Waals surface area contributed by atoms with Gasteiger partial charge in [0.15, 0.2) is 0 Å². The van der Waals surface area contributed by atoms with Crippen LogP contribution in [0.25, 0.3) is 0 Å². The number of methoxy groups -OCH3 is 1. The van der Waals surface area contributed by atoms with Crippen molar-refractivity contribution in [2.24, 2.45) is 0 Å². The van der Waals surface area contributed by atoms with Crippen LogP contribution in [0.1, 0.15) is 0 Å². The number of carbonyl (C=O) groups is 2. The number of benzene rings is 1. The Hall–Kier alpha value is -2.08. The Morgan fingerprint density at radius 1 is 1.56 bits per heavy atom. The summed E-state index contributed by atoms with van der Waals surface area (Å²) < 4.78 is 4.68. The fraction of sp³-hybridized carbons (Fsp3) is 0.333. The number of nitrogens with zero attached hydrogens (tertiary/aromatic N) is 1. The van der Waals surface area contributed by atoms with Gasteiger partial charge in [-0.05, 0) is 12.1 Å². The van der Waals surface area contributed by atoms with Gasteiger partial charge in [-0.2, -0.15) is 0 Å². The van der Waals surface area contributed by atoms with Crippen molar-refractivity contribution in [2.45, 2.75) is 6.04 Å². The number of carbonyl (C=O) groups excluding carboxylic acids is 2. The highest BCUT2D eigenvalue weighted by atomic mass is 16.5. The van der Waals surface area contributed by atoms with Crippen molar-refractivity contribution in [3.63, 3.8) is 0 Å². The number of rotatable bonds is 2. The third kappa shape index (κ3) is 2.28. The van der Waals surface area contributed by atoms with Crippen LogP contribution in [0.3, 0.4) is 0 Å². The number of phenols is 1. The summed E-state index contributed by atoms with van der Waals surface area (Å²) >= 11 is 0.